The molecule has 1 aromatic rings. The van der Waals surface area contributed by atoms with Crippen molar-refractivity contribution in [3.05, 3.63) is 29.8 Å². The number of hydrogen-bond donors (Lipinski definition) is 1. The minimum Gasteiger partial charge on any atom is -0.490 e. The maximum Gasteiger partial charge on any atom is 0.119 e. The second-order valence-corrected chi connectivity index (χ2v) is 4.47. The Balaban J connectivity index is 1.84. The van der Waals surface area contributed by atoms with E-state index in [-0.39, 0.29) is 0 Å². The molecular weight excluding hydrogens is 214 g/mol. The van der Waals surface area contributed by atoms with Gasteiger partial charge in [-0.15, -0.1) is 0 Å². The fourth-order valence-electron chi connectivity index (χ4n) is 2.03. The molecule has 2 N–H and O–H groups in total. The Labute approximate surface area is 103 Å². The largest absolute Gasteiger partial charge is 0.490 e. The molecule has 1 saturated heterocycles. The lowest BCUT2D eigenvalue weighted by molar-refractivity contribution is 0.0255. The monoisotopic (exact) mass is 235 g/mol. The van der Waals surface area contributed by atoms with Crippen LogP contribution in [0.15, 0.2) is 24.3 Å². The third kappa shape index (κ3) is 4.02. The van der Waals surface area contributed by atoms with Crippen molar-refractivity contribution < 1.29 is 9.47 Å². The molecule has 0 amide bonds. The quantitative estimate of drug-likeness (QED) is 0.850. The summed E-state index contributed by atoms with van der Waals surface area (Å²) in [6.45, 7) is 2.39. The molecular formula is C14H21NO2. The van der Waals surface area contributed by atoms with Gasteiger partial charge in [0.1, 0.15) is 11.9 Å². The Morgan fingerprint density at radius 3 is 2.53 bits per heavy atom. The van der Waals surface area contributed by atoms with Crippen LogP contribution < -0.4 is 10.5 Å². The van der Waals surface area contributed by atoms with Gasteiger partial charge < -0.3 is 15.2 Å². The van der Waals surface area contributed by atoms with Crippen molar-refractivity contribution >= 4 is 0 Å². The zero-order valence-electron chi connectivity index (χ0n) is 10.2. The van der Waals surface area contributed by atoms with E-state index < -0.39 is 0 Å². The number of rotatable bonds is 5. The van der Waals surface area contributed by atoms with E-state index in [0.29, 0.717) is 6.10 Å². The summed E-state index contributed by atoms with van der Waals surface area (Å²) in [4.78, 5) is 0. The fourth-order valence-corrected chi connectivity index (χ4v) is 2.03. The first kappa shape index (κ1) is 12.4. The maximum absolute atomic E-state index is 5.91. The van der Waals surface area contributed by atoms with Crippen LogP contribution in [0.3, 0.4) is 0 Å². The highest BCUT2D eigenvalue weighted by Gasteiger charge is 2.14. The Hall–Kier alpha value is -1.06. The third-order valence-electron chi connectivity index (χ3n) is 3.06. The van der Waals surface area contributed by atoms with Crippen molar-refractivity contribution in [2.45, 2.75) is 31.8 Å². The zero-order valence-corrected chi connectivity index (χ0v) is 10.2. The molecule has 1 aromatic carbocycles. The van der Waals surface area contributed by atoms with Crippen LogP contribution in [-0.2, 0) is 11.2 Å². The van der Waals surface area contributed by atoms with E-state index in [1.807, 2.05) is 0 Å². The highest BCUT2D eigenvalue weighted by atomic mass is 16.5. The second-order valence-electron chi connectivity index (χ2n) is 4.47. The molecule has 94 valence electrons. The number of ether oxygens (including phenoxy) is 2. The Kier molecular flexibility index (Phi) is 4.83. The van der Waals surface area contributed by atoms with Crippen molar-refractivity contribution in [2.24, 2.45) is 5.73 Å². The summed E-state index contributed by atoms with van der Waals surface area (Å²) in [5.74, 6) is 0.966. The first-order valence-corrected chi connectivity index (χ1v) is 6.42. The van der Waals surface area contributed by atoms with Gasteiger partial charge in [-0.3, -0.25) is 0 Å². The zero-order chi connectivity index (χ0) is 11.9. The summed E-state index contributed by atoms with van der Waals surface area (Å²) < 4.78 is 11.2. The van der Waals surface area contributed by atoms with Crippen LogP contribution in [0.2, 0.25) is 0 Å². The molecule has 1 aliphatic rings. The number of nitrogens with two attached hydrogens (primary N) is 1. The fraction of sp³-hybridized carbons (Fsp3) is 0.571. The molecule has 1 fully saturated rings. The molecule has 0 unspecified atom stereocenters. The van der Waals surface area contributed by atoms with Gasteiger partial charge in [0, 0.05) is 12.8 Å². The predicted molar refractivity (Wildman–Crippen MR) is 68.3 cm³/mol. The van der Waals surface area contributed by atoms with Gasteiger partial charge in [0.2, 0.25) is 0 Å². The normalized spacial score (nSPS) is 17.0. The smallest absolute Gasteiger partial charge is 0.119 e. The third-order valence-corrected chi connectivity index (χ3v) is 3.06. The van der Waals surface area contributed by atoms with E-state index in [4.69, 9.17) is 15.2 Å². The second kappa shape index (κ2) is 6.62. The molecule has 1 heterocycles. The van der Waals surface area contributed by atoms with Gasteiger partial charge in [0.25, 0.3) is 0 Å². The molecule has 3 nitrogen and oxygen atoms in total. The number of aryl methyl sites for hydroxylation is 1. The summed E-state index contributed by atoms with van der Waals surface area (Å²) in [6, 6.07) is 8.37. The van der Waals surface area contributed by atoms with E-state index in [1.165, 1.54) is 5.56 Å². The summed E-state index contributed by atoms with van der Waals surface area (Å²) in [5.41, 5.74) is 6.82. The van der Waals surface area contributed by atoms with Crippen LogP contribution >= 0.6 is 0 Å². The minimum atomic E-state index is 0.318. The Morgan fingerprint density at radius 2 is 1.88 bits per heavy atom. The molecule has 0 saturated carbocycles. The van der Waals surface area contributed by atoms with Crippen molar-refractivity contribution in [3.63, 3.8) is 0 Å². The summed E-state index contributed by atoms with van der Waals surface area (Å²) in [5, 5.41) is 0. The molecule has 1 aliphatic heterocycles. The van der Waals surface area contributed by atoms with E-state index in [2.05, 4.69) is 24.3 Å². The lowest BCUT2D eigenvalue weighted by Crippen LogP contribution is -2.25. The first-order valence-electron chi connectivity index (χ1n) is 6.42. The van der Waals surface area contributed by atoms with Crippen molar-refractivity contribution in [1.29, 1.82) is 0 Å². The van der Waals surface area contributed by atoms with Crippen molar-refractivity contribution in [2.75, 3.05) is 19.8 Å². The molecule has 3 heteroatoms. The molecule has 0 bridgehead atoms. The molecule has 0 radical (unpaired) electrons. The van der Waals surface area contributed by atoms with Crippen LogP contribution in [0.1, 0.15) is 24.8 Å². The van der Waals surface area contributed by atoms with Gasteiger partial charge in [-0.05, 0) is 37.1 Å². The molecule has 0 atom stereocenters. The summed E-state index contributed by atoms with van der Waals surface area (Å²) >= 11 is 0. The lowest BCUT2D eigenvalue weighted by Gasteiger charge is -2.23. The first-order chi connectivity index (χ1) is 8.38. The van der Waals surface area contributed by atoms with Crippen molar-refractivity contribution in [1.82, 2.24) is 0 Å². The molecule has 0 aliphatic carbocycles. The molecule has 17 heavy (non-hydrogen) atoms. The summed E-state index contributed by atoms with van der Waals surface area (Å²) in [6.07, 6.45) is 4.40. The average Bonchev–Trinajstić information content (AvgIpc) is 2.39. The maximum atomic E-state index is 5.91. The average molecular weight is 235 g/mol. The SMILES string of the molecule is NCCCc1ccc(OC2CCOCC2)cc1. The standard InChI is InChI=1S/C14H21NO2/c15-9-1-2-12-3-5-13(6-4-12)17-14-7-10-16-11-8-14/h3-6,14H,1-2,7-11,15H2. The van der Waals surface area contributed by atoms with Crippen LogP contribution in [-0.4, -0.2) is 25.9 Å². The lowest BCUT2D eigenvalue weighted by atomic mass is 10.1. The van der Waals surface area contributed by atoms with E-state index in [1.54, 1.807) is 0 Å². The van der Waals surface area contributed by atoms with Gasteiger partial charge >= 0.3 is 0 Å². The van der Waals surface area contributed by atoms with E-state index >= 15 is 0 Å². The predicted octanol–water partition coefficient (Wildman–Crippen LogP) is 2.14. The van der Waals surface area contributed by atoms with Gasteiger partial charge in [-0.1, -0.05) is 12.1 Å². The van der Waals surface area contributed by atoms with Gasteiger partial charge in [0.05, 0.1) is 13.2 Å². The van der Waals surface area contributed by atoms with E-state index in [0.717, 1.165) is 51.2 Å². The summed E-state index contributed by atoms with van der Waals surface area (Å²) in [7, 11) is 0. The van der Waals surface area contributed by atoms with Gasteiger partial charge in [0.15, 0.2) is 0 Å². The Morgan fingerprint density at radius 1 is 1.18 bits per heavy atom. The van der Waals surface area contributed by atoms with Crippen molar-refractivity contribution in [3.8, 4) is 5.75 Å². The van der Waals surface area contributed by atoms with Gasteiger partial charge in [-0.2, -0.15) is 0 Å². The van der Waals surface area contributed by atoms with Crippen LogP contribution in [0.5, 0.6) is 5.75 Å². The van der Waals surface area contributed by atoms with Gasteiger partial charge in [-0.25, -0.2) is 0 Å². The molecule has 0 spiro atoms. The van der Waals surface area contributed by atoms with Crippen LogP contribution in [0.4, 0.5) is 0 Å². The number of benzene rings is 1. The van der Waals surface area contributed by atoms with E-state index in [9.17, 15) is 0 Å². The topological polar surface area (TPSA) is 44.5 Å². The molecule has 2 rings (SSSR count). The highest BCUT2D eigenvalue weighted by molar-refractivity contribution is 5.27. The van der Waals surface area contributed by atoms with Crippen LogP contribution in [0, 0.1) is 0 Å². The minimum absolute atomic E-state index is 0.318. The number of hydrogen-bond acceptors (Lipinski definition) is 3. The Bertz CT molecular complexity index is 317. The highest BCUT2D eigenvalue weighted by Crippen LogP contribution is 2.18. The molecule has 0 aromatic heterocycles. The van der Waals surface area contributed by atoms with Crippen LogP contribution in [0.25, 0.3) is 0 Å².